The molecule has 1 N–H and O–H groups in total. The van der Waals surface area contributed by atoms with Gasteiger partial charge in [0.05, 0.1) is 0 Å². The summed E-state index contributed by atoms with van der Waals surface area (Å²) < 4.78 is 2.12. The average molecular weight is 265 g/mol. The Morgan fingerprint density at radius 1 is 1.32 bits per heavy atom. The molecular formula is C16H31N3. The number of hydrogen-bond acceptors (Lipinski definition) is 2. The molecule has 0 amide bonds. The van der Waals surface area contributed by atoms with Crippen molar-refractivity contribution in [2.45, 2.75) is 65.8 Å². The van der Waals surface area contributed by atoms with Gasteiger partial charge in [0.1, 0.15) is 5.82 Å². The molecule has 0 radical (unpaired) electrons. The third kappa shape index (κ3) is 5.77. The van der Waals surface area contributed by atoms with Crippen LogP contribution in [0.1, 0.15) is 59.2 Å². The van der Waals surface area contributed by atoms with Crippen LogP contribution in [0, 0.1) is 5.41 Å². The number of nitrogens with zero attached hydrogens (tertiary/aromatic N) is 2. The summed E-state index contributed by atoms with van der Waals surface area (Å²) in [6.45, 7) is 10.4. The fourth-order valence-corrected chi connectivity index (χ4v) is 2.43. The molecular weight excluding hydrogens is 234 g/mol. The van der Waals surface area contributed by atoms with Crippen LogP contribution in [0.2, 0.25) is 0 Å². The number of nitrogens with one attached hydrogen (secondary N) is 1. The van der Waals surface area contributed by atoms with Crippen LogP contribution >= 0.6 is 0 Å². The number of aromatic nitrogens is 2. The van der Waals surface area contributed by atoms with Crippen molar-refractivity contribution in [1.82, 2.24) is 14.9 Å². The Hall–Kier alpha value is -0.830. The lowest BCUT2D eigenvalue weighted by Crippen LogP contribution is -2.40. The largest absolute Gasteiger partial charge is 0.338 e. The van der Waals surface area contributed by atoms with E-state index in [0.29, 0.717) is 11.5 Å². The summed E-state index contributed by atoms with van der Waals surface area (Å²) in [7, 11) is 2.07. The third-order valence-corrected chi connectivity index (χ3v) is 3.75. The summed E-state index contributed by atoms with van der Waals surface area (Å²) in [5.74, 6) is 1.20. The lowest BCUT2D eigenvalue weighted by atomic mass is 9.83. The molecule has 0 aliphatic carbocycles. The summed E-state index contributed by atoms with van der Waals surface area (Å²) in [5.41, 5.74) is 0.346. The van der Waals surface area contributed by atoms with Gasteiger partial charge in [-0.1, -0.05) is 34.1 Å². The second-order valence-electron chi connectivity index (χ2n) is 6.57. The predicted octanol–water partition coefficient (Wildman–Crippen LogP) is 3.55. The van der Waals surface area contributed by atoms with Gasteiger partial charge in [0.15, 0.2) is 0 Å². The maximum absolute atomic E-state index is 4.38. The highest BCUT2D eigenvalue weighted by molar-refractivity contribution is 4.91. The zero-order valence-electron chi connectivity index (χ0n) is 13.4. The minimum atomic E-state index is 0.346. The average Bonchev–Trinajstić information content (AvgIpc) is 2.72. The van der Waals surface area contributed by atoms with Crippen LogP contribution in [-0.4, -0.2) is 22.1 Å². The van der Waals surface area contributed by atoms with Gasteiger partial charge in [-0.25, -0.2) is 4.98 Å². The Labute approximate surface area is 118 Å². The molecule has 0 saturated heterocycles. The smallest absolute Gasteiger partial charge is 0.108 e. The van der Waals surface area contributed by atoms with Crippen molar-refractivity contribution in [2.75, 3.05) is 6.54 Å². The zero-order chi connectivity index (χ0) is 14.3. The lowest BCUT2D eigenvalue weighted by molar-refractivity contribution is 0.250. The molecule has 110 valence electrons. The molecule has 1 aromatic rings. The maximum atomic E-state index is 4.38. The van der Waals surface area contributed by atoms with E-state index in [4.69, 9.17) is 0 Å². The number of unbranched alkanes of at least 4 members (excludes halogenated alkanes) is 1. The van der Waals surface area contributed by atoms with Crippen LogP contribution in [0.4, 0.5) is 0 Å². The van der Waals surface area contributed by atoms with E-state index >= 15 is 0 Å². The summed E-state index contributed by atoms with van der Waals surface area (Å²) in [4.78, 5) is 4.38. The number of imidazole rings is 1. The Kier molecular flexibility index (Phi) is 6.56. The number of aryl methyl sites for hydroxylation is 2. The molecule has 1 heterocycles. The van der Waals surface area contributed by atoms with E-state index in [0.717, 1.165) is 13.0 Å². The van der Waals surface area contributed by atoms with Crippen molar-refractivity contribution >= 4 is 0 Å². The molecule has 19 heavy (non-hydrogen) atoms. The van der Waals surface area contributed by atoms with E-state index in [1.165, 1.54) is 31.5 Å². The standard InChI is InChI=1S/C16H31N3/c1-6-11-17-14(16(2,3)4)9-7-8-10-15-18-12-13-19(15)5/h12-14,17H,6-11H2,1-5H3. The Morgan fingerprint density at radius 2 is 2.05 bits per heavy atom. The SMILES string of the molecule is CCCNC(CCCCc1nccn1C)C(C)(C)C. The van der Waals surface area contributed by atoms with E-state index in [2.05, 4.69) is 49.6 Å². The van der Waals surface area contributed by atoms with Gasteiger partial charge < -0.3 is 9.88 Å². The van der Waals surface area contributed by atoms with E-state index < -0.39 is 0 Å². The van der Waals surface area contributed by atoms with Crippen LogP contribution in [0.5, 0.6) is 0 Å². The van der Waals surface area contributed by atoms with Crippen LogP contribution < -0.4 is 5.32 Å². The van der Waals surface area contributed by atoms with E-state index in [1.807, 2.05) is 12.4 Å². The second kappa shape index (κ2) is 7.68. The molecule has 3 nitrogen and oxygen atoms in total. The van der Waals surface area contributed by atoms with E-state index in [1.54, 1.807) is 0 Å². The molecule has 0 saturated carbocycles. The van der Waals surface area contributed by atoms with Crippen molar-refractivity contribution in [1.29, 1.82) is 0 Å². The number of rotatable bonds is 8. The van der Waals surface area contributed by atoms with Crippen molar-refractivity contribution < 1.29 is 0 Å². The quantitative estimate of drug-likeness (QED) is 0.729. The molecule has 1 unspecified atom stereocenters. The van der Waals surface area contributed by atoms with Gasteiger partial charge in [0.25, 0.3) is 0 Å². The van der Waals surface area contributed by atoms with Gasteiger partial charge in [-0.15, -0.1) is 0 Å². The topological polar surface area (TPSA) is 29.9 Å². The van der Waals surface area contributed by atoms with Gasteiger partial charge in [-0.05, 0) is 31.2 Å². The highest BCUT2D eigenvalue weighted by Gasteiger charge is 2.23. The van der Waals surface area contributed by atoms with E-state index in [9.17, 15) is 0 Å². The van der Waals surface area contributed by atoms with E-state index in [-0.39, 0.29) is 0 Å². The first kappa shape index (κ1) is 16.2. The zero-order valence-corrected chi connectivity index (χ0v) is 13.4. The Balaban J connectivity index is 2.30. The highest BCUT2D eigenvalue weighted by atomic mass is 15.0. The normalized spacial score (nSPS) is 13.7. The molecule has 0 aliphatic heterocycles. The maximum Gasteiger partial charge on any atom is 0.108 e. The van der Waals surface area contributed by atoms with Crippen molar-refractivity contribution in [2.24, 2.45) is 12.5 Å². The van der Waals surface area contributed by atoms with Crippen LogP contribution in [0.25, 0.3) is 0 Å². The van der Waals surface area contributed by atoms with Crippen LogP contribution in [-0.2, 0) is 13.5 Å². The Bertz CT molecular complexity index is 349. The fourth-order valence-electron chi connectivity index (χ4n) is 2.43. The first-order valence-electron chi connectivity index (χ1n) is 7.64. The molecule has 3 heteroatoms. The summed E-state index contributed by atoms with van der Waals surface area (Å²) in [5, 5.41) is 3.69. The first-order chi connectivity index (χ1) is 8.95. The minimum absolute atomic E-state index is 0.346. The second-order valence-corrected chi connectivity index (χ2v) is 6.57. The van der Waals surface area contributed by atoms with Crippen LogP contribution in [0.3, 0.4) is 0 Å². The molecule has 0 aliphatic rings. The summed E-state index contributed by atoms with van der Waals surface area (Å²) >= 11 is 0. The van der Waals surface area contributed by atoms with Crippen molar-refractivity contribution in [3.63, 3.8) is 0 Å². The van der Waals surface area contributed by atoms with Crippen molar-refractivity contribution in [3.8, 4) is 0 Å². The highest BCUT2D eigenvalue weighted by Crippen LogP contribution is 2.23. The Morgan fingerprint density at radius 3 is 2.58 bits per heavy atom. The summed E-state index contributed by atoms with van der Waals surface area (Å²) in [6, 6.07) is 0.619. The molecule has 0 spiro atoms. The molecule has 0 fully saturated rings. The van der Waals surface area contributed by atoms with Gasteiger partial charge >= 0.3 is 0 Å². The van der Waals surface area contributed by atoms with Crippen LogP contribution in [0.15, 0.2) is 12.4 Å². The first-order valence-corrected chi connectivity index (χ1v) is 7.64. The van der Waals surface area contributed by atoms with Gasteiger partial charge in [0, 0.05) is 31.9 Å². The fraction of sp³-hybridized carbons (Fsp3) is 0.812. The van der Waals surface area contributed by atoms with Gasteiger partial charge in [0.2, 0.25) is 0 Å². The monoisotopic (exact) mass is 265 g/mol. The predicted molar refractivity (Wildman–Crippen MR) is 82.3 cm³/mol. The number of hydrogen-bond donors (Lipinski definition) is 1. The van der Waals surface area contributed by atoms with Gasteiger partial charge in [-0.3, -0.25) is 0 Å². The third-order valence-electron chi connectivity index (χ3n) is 3.75. The van der Waals surface area contributed by atoms with Crippen molar-refractivity contribution in [3.05, 3.63) is 18.2 Å². The lowest BCUT2D eigenvalue weighted by Gasteiger charge is -2.32. The molecule has 0 aromatic carbocycles. The molecule has 1 rings (SSSR count). The summed E-state index contributed by atoms with van der Waals surface area (Å²) in [6.07, 6.45) is 9.96. The molecule has 1 aromatic heterocycles. The minimum Gasteiger partial charge on any atom is -0.338 e. The molecule has 0 bridgehead atoms. The molecule has 1 atom stereocenters. The van der Waals surface area contributed by atoms with Gasteiger partial charge in [-0.2, -0.15) is 0 Å².